The lowest BCUT2D eigenvalue weighted by Crippen LogP contribution is -2.45. The van der Waals surface area contributed by atoms with Crippen molar-refractivity contribution in [3.05, 3.63) is 59.7 Å². The molecule has 2 aliphatic rings. The van der Waals surface area contributed by atoms with Crippen LogP contribution in [-0.2, 0) is 0 Å². The third kappa shape index (κ3) is 4.05. The van der Waals surface area contributed by atoms with Gasteiger partial charge in [-0.1, -0.05) is 24.3 Å². The van der Waals surface area contributed by atoms with Crippen molar-refractivity contribution in [1.29, 1.82) is 0 Å². The number of carbonyl (C=O) groups is 2. The number of carbonyl (C=O) groups excluding carboxylic acids is 2. The van der Waals surface area contributed by atoms with Gasteiger partial charge in [-0.05, 0) is 57.6 Å². The van der Waals surface area contributed by atoms with Crippen molar-refractivity contribution in [2.75, 3.05) is 44.7 Å². The highest BCUT2D eigenvalue weighted by molar-refractivity contribution is 6.21. The van der Waals surface area contributed by atoms with E-state index in [2.05, 4.69) is 29.8 Å². The number of para-hydroxylation sites is 2. The molecule has 0 N–H and O–H groups in total. The molecule has 6 nitrogen and oxygen atoms in total. The Morgan fingerprint density at radius 2 is 1.67 bits per heavy atom. The van der Waals surface area contributed by atoms with E-state index in [0.29, 0.717) is 17.7 Å². The summed E-state index contributed by atoms with van der Waals surface area (Å²) >= 11 is 0. The number of benzene rings is 2. The maximum Gasteiger partial charge on any atom is 0.261 e. The van der Waals surface area contributed by atoms with E-state index in [1.165, 1.54) is 10.6 Å². The molecular weight excluding hydrogens is 378 g/mol. The number of anilines is 1. The van der Waals surface area contributed by atoms with Crippen LogP contribution in [0.5, 0.6) is 5.75 Å². The van der Waals surface area contributed by atoms with E-state index in [-0.39, 0.29) is 17.9 Å². The number of likely N-dealkylation sites (N-methyl/N-ethyl adjacent to an activating group) is 2. The van der Waals surface area contributed by atoms with E-state index < -0.39 is 0 Å². The molecule has 6 heteroatoms. The van der Waals surface area contributed by atoms with Crippen LogP contribution in [0.1, 0.15) is 40.5 Å². The first-order chi connectivity index (χ1) is 14.6. The Kier molecular flexibility index (Phi) is 6.04. The predicted octanol–water partition coefficient (Wildman–Crippen LogP) is 3.28. The summed E-state index contributed by atoms with van der Waals surface area (Å²) in [6.45, 7) is 6.22. The van der Waals surface area contributed by atoms with Gasteiger partial charge in [0, 0.05) is 19.6 Å². The fourth-order valence-electron chi connectivity index (χ4n) is 4.31. The minimum absolute atomic E-state index is 0.126. The molecule has 2 heterocycles. The molecule has 0 aliphatic carbocycles. The lowest BCUT2D eigenvalue weighted by atomic mass is 10.1. The van der Waals surface area contributed by atoms with E-state index in [1.807, 2.05) is 18.2 Å². The fourth-order valence-corrected chi connectivity index (χ4v) is 4.31. The van der Waals surface area contributed by atoms with E-state index in [1.54, 1.807) is 24.3 Å². The third-order valence-electron chi connectivity index (χ3n) is 5.87. The molecule has 1 atom stereocenters. The van der Waals surface area contributed by atoms with Crippen molar-refractivity contribution < 1.29 is 14.3 Å². The topological polar surface area (TPSA) is 53.1 Å². The number of nitrogens with zero attached hydrogens (tertiary/aromatic N) is 3. The minimum atomic E-state index is -0.169. The maximum atomic E-state index is 12.4. The van der Waals surface area contributed by atoms with Gasteiger partial charge in [0.15, 0.2) is 0 Å². The van der Waals surface area contributed by atoms with Crippen LogP contribution in [0.2, 0.25) is 0 Å². The molecule has 158 valence electrons. The van der Waals surface area contributed by atoms with Crippen LogP contribution in [-0.4, -0.2) is 67.5 Å². The number of rotatable bonds is 8. The number of hydrogen-bond donors (Lipinski definition) is 0. The first-order valence-corrected chi connectivity index (χ1v) is 10.7. The van der Waals surface area contributed by atoms with Crippen LogP contribution in [0.3, 0.4) is 0 Å². The van der Waals surface area contributed by atoms with E-state index in [4.69, 9.17) is 4.74 Å². The Bertz CT molecular complexity index is 894. The molecular formula is C24H29N3O3. The second-order valence-corrected chi connectivity index (χ2v) is 8.02. The second-order valence-electron chi connectivity index (χ2n) is 8.02. The SMILES string of the molecule is CCN1CC(CN(C)CCCCN2C(=O)c3ccccc3C2=O)Oc2ccccc21. The molecule has 0 fully saturated rings. The summed E-state index contributed by atoms with van der Waals surface area (Å²) in [6, 6.07) is 15.3. The Balaban J connectivity index is 1.23. The molecule has 2 aliphatic heterocycles. The molecule has 0 radical (unpaired) electrons. The highest BCUT2D eigenvalue weighted by Gasteiger charge is 2.34. The second kappa shape index (κ2) is 8.88. The Hall–Kier alpha value is -2.86. The monoisotopic (exact) mass is 407 g/mol. The van der Waals surface area contributed by atoms with Gasteiger partial charge >= 0.3 is 0 Å². The molecule has 2 amide bonds. The molecule has 1 unspecified atom stereocenters. The van der Waals surface area contributed by atoms with E-state index in [9.17, 15) is 9.59 Å². The molecule has 0 saturated carbocycles. The van der Waals surface area contributed by atoms with E-state index in [0.717, 1.165) is 44.8 Å². The Labute approximate surface area is 178 Å². The van der Waals surface area contributed by atoms with Gasteiger partial charge in [0.25, 0.3) is 11.8 Å². The molecule has 30 heavy (non-hydrogen) atoms. The zero-order chi connectivity index (χ0) is 21.1. The molecule has 0 bridgehead atoms. The summed E-state index contributed by atoms with van der Waals surface area (Å²) in [5, 5.41) is 0. The van der Waals surface area contributed by atoms with Crippen LogP contribution in [0.15, 0.2) is 48.5 Å². The molecule has 0 spiro atoms. The number of ether oxygens (including phenoxy) is 1. The van der Waals surface area contributed by atoms with Gasteiger partial charge in [0.1, 0.15) is 11.9 Å². The highest BCUT2D eigenvalue weighted by Crippen LogP contribution is 2.32. The van der Waals surface area contributed by atoms with Crippen molar-refractivity contribution in [2.24, 2.45) is 0 Å². The zero-order valence-electron chi connectivity index (χ0n) is 17.7. The Morgan fingerprint density at radius 1 is 1.00 bits per heavy atom. The smallest absolute Gasteiger partial charge is 0.261 e. The molecule has 0 aromatic heterocycles. The van der Waals surface area contributed by atoms with E-state index >= 15 is 0 Å². The van der Waals surface area contributed by atoms with Gasteiger partial charge in [-0.25, -0.2) is 0 Å². The summed E-state index contributed by atoms with van der Waals surface area (Å²) < 4.78 is 6.21. The quantitative estimate of drug-likeness (QED) is 0.497. The van der Waals surface area contributed by atoms with Crippen molar-refractivity contribution in [3.8, 4) is 5.75 Å². The lowest BCUT2D eigenvalue weighted by Gasteiger charge is -2.37. The standard InChI is InChI=1S/C24H29N3O3/c1-3-26-17-18(30-22-13-7-6-12-21(22)26)16-25(2)14-8-9-15-27-23(28)19-10-4-5-11-20(19)24(27)29/h4-7,10-13,18H,3,8-9,14-17H2,1-2H3. The number of imide groups is 1. The summed E-state index contributed by atoms with van der Waals surface area (Å²) in [5.41, 5.74) is 2.21. The first kappa shape index (κ1) is 20.4. The van der Waals surface area contributed by atoms with Crippen molar-refractivity contribution in [1.82, 2.24) is 9.80 Å². The van der Waals surface area contributed by atoms with Crippen LogP contribution in [0.25, 0.3) is 0 Å². The van der Waals surface area contributed by atoms with Crippen molar-refractivity contribution in [2.45, 2.75) is 25.9 Å². The average molecular weight is 408 g/mol. The number of unbranched alkanes of at least 4 members (excludes halogenated alkanes) is 1. The van der Waals surface area contributed by atoms with Gasteiger partial charge in [0.05, 0.1) is 23.4 Å². The molecule has 2 aromatic carbocycles. The van der Waals surface area contributed by atoms with Gasteiger partial charge < -0.3 is 14.5 Å². The van der Waals surface area contributed by atoms with Crippen molar-refractivity contribution in [3.63, 3.8) is 0 Å². The predicted molar refractivity (Wildman–Crippen MR) is 117 cm³/mol. The summed E-state index contributed by atoms with van der Waals surface area (Å²) in [6.07, 6.45) is 1.84. The third-order valence-corrected chi connectivity index (χ3v) is 5.87. The summed E-state index contributed by atoms with van der Waals surface area (Å²) in [4.78, 5) is 30.9. The number of amides is 2. The normalized spacial score (nSPS) is 17.9. The van der Waals surface area contributed by atoms with Crippen LogP contribution >= 0.6 is 0 Å². The first-order valence-electron chi connectivity index (χ1n) is 10.7. The highest BCUT2D eigenvalue weighted by atomic mass is 16.5. The summed E-state index contributed by atoms with van der Waals surface area (Å²) in [7, 11) is 2.10. The lowest BCUT2D eigenvalue weighted by molar-refractivity contribution is 0.0650. The fraction of sp³-hybridized carbons (Fsp3) is 0.417. The van der Waals surface area contributed by atoms with Gasteiger partial charge in [0.2, 0.25) is 0 Å². The Morgan fingerprint density at radius 3 is 2.37 bits per heavy atom. The molecule has 0 saturated heterocycles. The van der Waals surface area contributed by atoms with Crippen LogP contribution in [0.4, 0.5) is 5.69 Å². The van der Waals surface area contributed by atoms with Gasteiger partial charge in [-0.2, -0.15) is 0 Å². The minimum Gasteiger partial charge on any atom is -0.485 e. The van der Waals surface area contributed by atoms with Gasteiger partial charge in [-0.3, -0.25) is 14.5 Å². The largest absolute Gasteiger partial charge is 0.485 e. The zero-order valence-corrected chi connectivity index (χ0v) is 17.7. The number of fused-ring (bicyclic) bond motifs is 2. The number of hydrogen-bond acceptors (Lipinski definition) is 5. The summed E-state index contributed by atoms with van der Waals surface area (Å²) in [5.74, 6) is 0.616. The van der Waals surface area contributed by atoms with Crippen molar-refractivity contribution >= 4 is 17.5 Å². The van der Waals surface area contributed by atoms with Crippen LogP contribution < -0.4 is 9.64 Å². The molecule has 2 aromatic rings. The average Bonchev–Trinajstić information content (AvgIpc) is 3.01. The van der Waals surface area contributed by atoms with Crippen LogP contribution in [0, 0.1) is 0 Å². The maximum absolute atomic E-state index is 12.4. The van der Waals surface area contributed by atoms with Gasteiger partial charge in [-0.15, -0.1) is 0 Å². The molecule has 4 rings (SSSR count).